The van der Waals surface area contributed by atoms with Crippen LogP contribution in [0.2, 0.25) is 0 Å². The molecule has 2 rings (SSSR count). The number of nitrogen functional groups attached to an aromatic ring is 1. The Hall–Kier alpha value is -1.65. The predicted octanol–water partition coefficient (Wildman–Crippen LogP) is 1.96. The van der Waals surface area contributed by atoms with Crippen LogP contribution in [-0.2, 0) is 0 Å². The van der Waals surface area contributed by atoms with Crippen LogP contribution in [0.25, 0.3) is 0 Å². The maximum absolute atomic E-state index is 12.1. The van der Waals surface area contributed by atoms with Gasteiger partial charge in [-0.05, 0) is 17.8 Å². The first-order chi connectivity index (χ1) is 8.81. The van der Waals surface area contributed by atoms with Crippen molar-refractivity contribution in [3.63, 3.8) is 0 Å². The van der Waals surface area contributed by atoms with Gasteiger partial charge in [0.15, 0.2) is 5.69 Å². The molecule has 104 valence electrons. The molecule has 1 aliphatic rings. The Morgan fingerprint density at radius 1 is 1.58 bits per heavy atom. The fourth-order valence-electron chi connectivity index (χ4n) is 2.09. The second-order valence-electron chi connectivity index (χ2n) is 6.29. The van der Waals surface area contributed by atoms with Gasteiger partial charge in [0, 0.05) is 12.5 Å². The van der Waals surface area contributed by atoms with Gasteiger partial charge in [0.1, 0.15) is 5.82 Å². The maximum atomic E-state index is 12.1. The lowest BCUT2D eigenvalue weighted by Crippen LogP contribution is -2.28. The first-order valence-corrected chi connectivity index (χ1v) is 6.72. The molecular weight excluding hydrogens is 240 g/mol. The van der Waals surface area contributed by atoms with E-state index in [0.717, 1.165) is 6.42 Å². The molecule has 1 amide bonds. The molecule has 5 nitrogen and oxygen atoms in total. The quantitative estimate of drug-likeness (QED) is 0.869. The molecule has 19 heavy (non-hydrogen) atoms. The smallest absolute Gasteiger partial charge is 0.272 e. The molecule has 0 aliphatic heterocycles. The van der Waals surface area contributed by atoms with Gasteiger partial charge in [-0.3, -0.25) is 4.79 Å². The standard InChI is InChI=1S/C14H22N4O/c1-8(2)12-16-7-10(15)11(18-12)13(19)17-6-9-5-14(9,3)4/h7-9H,5-6,15H2,1-4H3,(H,17,19). The van der Waals surface area contributed by atoms with Crippen molar-refractivity contribution in [1.82, 2.24) is 15.3 Å². The Labute approximate surface area is 114 Å². The highest BCUT2D eigenvalue weighted by Crippen LogP contribution is 2.50. The Kier molecular flexibility index (Phi) is 3.47. The lowest BCUT2D eigenvalue weighted by molar-refractivity contribution is 0.0946. The van der Waals surface area contributed by atoms with Crippen molar-refractivity contribution in [2.75, 3.05) is 12.3 Å². The molecule has 1 fully saturated rings. The number of hydrogen-bond acceptors (Lipinski definition) is 4. The minimum absolute atomic E-state index is 0.175. The molecule has 0 saturated heterocycles. The van der Waals surface area contributed by atoms with Gasteiger partial charge in [-0.2, -0.15) is 0 Å². The van der Waals surface area contributed by atoms with Crippen molar-refractivity contribution in [3.8, 4) is 0 Å². The van der Waals surface area contributed by atoms with E-state index in [0.29, 0.717) is 29.4 Å². The normalized spacial score (nSPS) is 20.4. The summed E-state index contributed by atoms with van der Waals surface area (Å²) in [6.07, 6.45) is 2.67. The highest BCUT2D eigenvalue weighted by molar-refractivity contribution is 5.96. The van der Waals surface area contributed by atoms with Crippen LogP contribution in [0.3, 0.4) is 0 Å². The highest BCUT2D eigenvalue weighted by Gasteiger charge is 2.45. The van der Waals surface area contributed by atoms with Gasteiger partial charge >= 0.3 is 0 Å². The van der Waals surface area contributed by atoms with Crippen molar-refractivity contribution in [3.05, 3.63) is 17.7 Å². The zero-order chi connectivity index (χ0) is 14.2. The molecule has 0 bridgehead atoms. The zero-order valence-corrected chi connectivity index (χ0v) is 12.0. The fraction of sp³-hybridized carbons (Fsp3) is 0.643. The van der Waals surface area contributed by atoms with Crippen LogP contribution < -0.4 is 11.1 Å². The summed E-state index contributed by atoms with van der Waals surface area (Å²) in [5.74, 6) is 1.18. The van der Waals surface area contributed by atoms with Crippen molar-refractivity contribution in [2.24, 2.45) is 11.3 Å². The number of carbonyl (C=O) groups excluding carboxylic acids is 1. The van der Waals surface area contributed by atoms with Gasteiger partial charge in [0.05, 0.1) is 11.9 Å². The van der Waals surface area contributed by atoms with E-state index < -0.39 is 0 Å². The van der Waals surface area contributed by atoms with E-state index in [4.69, 9.17) is 5.73 Å². The van der Waals surface area contributed by atoms with E-state index in [2.05, 4.69) is 29.1 Å². The molecule has 0 aromatic carbocycles. The van der Waals surface area contributed by atoms with E-state index in [1.54, 1.807) is 0 Å². The molecule has 1 unspecified atom stereocenters. The van der Waals surface area contributed by atoms with Crippen molar-refractivity contribution in [1.29, 1.82) is 0 Å². The monoisotopic (exact) mass is 262 g/mol. The number of nitrogens with two attached hydrogens (primary N) is 1. The third-order valence-electron chi connectivity index (χ3n) is 3.79. The Bertz CT molecular complexity index is 496. The summed E-state index contributed by atoms with van der Waals surface area (Å²) in [6, 6.07) is 0. The van der Waals surface area contributed by atoms with Crippen LogP contribution >= 0.6 is 0 Å². The minimum Gasteiger partial charge on any atom is -0.396 e. The summed E-state index contributed by atoms with van der Waals surface area (Å²) in [6.45, 7) is 9.08. The molecule has 0 radical (unpaired) electrons. The Morgan fingerprint density at radius 3 is 2.74 bits per heavy atom. The maximum Gasteiger partial charge on any atom is 0.272 e. The first-order valence-electron chi connectivity index (χ1n) is 6.72. The minimum atomic E-state index is -0.204. The number of nitrogens with one attached hydrogen (secondary N) is 1. The van der Waals surface area contributed by atoms with Crippen LogP contribution in [-0.4, -0.2) is 22.4 Å². The summed E-state index contributed by atoms with van der Waals surface area (Å²) >= 11 is 0. The molecular formula is C14H22N4O. The largest absolute Gasteiger partial charge is 0.396 e. The summed E-state index contributed by atoms with van der Waals surface area (Å²) in [4.78, 5) is 20.5. The lowest BCUT2D eigenvalue weighted by Gasteiger charge is -2.10. The second kappa shape index (κ2) is 4.79. The van der Waals surface area contributed by atoms with Crippen LogP contribution in [0.4, 0.5) is 5.69 Å². The van der Waals surface area contributed by atoms with E-state index in [1.165, 1.54) is 6.20 Å². The SMILES string of the molecule is CC(C)c1ncc(N)c(C(=O)NCC2CC2(C)C)n1. The van der Waals surface area contributed by atoms with Gasteiger partial charge in [-0.25, -0.2) is 9.97 Å². The zero-order valence-electron chi connectivity index (χ0n) is 12.0. The lowest BCUT2D eigenvalue weighted by atomic mass is 10.1. The van der Waals surface area contributed by atoms with Crippen LogP contribution in [0.1, 0.15) is 56.3 Å². The third kappa shape index (κ3) is 3.03. The molecule has 1 aromatic rings. The Morgan fingerprint density at radius 2 is 2.21 bits per heavy atom. The second-order valence-corrected chi connectivity index (χ2v) is 6.29. The van der Waals surface area contributed by atoms with Gasteiger partial charge in [-0.1, -0.05) is 27.7 Å². The first kappa shape index (κ1) is 13.8. The van der Waals surface area contributed by atoms with Crippen LogP contribution in [0.5, 0.6) is 0 Å². The van der Waals surface area contributed by atoms with Gasteiger partial charge < -0.3 is 11.1 Å². The number of carbonyl (C=O) groups is 1. The average molecular weight is 262 g/mol. The third-order valence-corrected chi connectivity index (χ3v) is 3.79. The molecule has 1 saturated carbocycles. The van der Waals surface area contributed by atoms with E-state index >= 15 is 0 Å². The summed E-state index contributed by atoms with van der Waals surface area (Å²) in [5, 5.41) is 2.91. The summed E-state index contributed by atoms with van der Waals surface area (Å²) in [5.41, 5.74) is 6.75. The number of aromatic nitrogens is 2. The summed E-state index contributed by atoms with van der Waals surface area (Å²) in [7, 11) is 0. The molecule has 0 spiro atoms. The molecule has 1 atom stereocenters. The van der Waals surface area contributed by atoms with Gasteiger partial charge in [-0.15, -0.1) is 0 Å². The number of anilines is 1. The predicted molar refractivity (Wildman–Crippen MR) is 74.8 cm³/mol. The highest BCUT2D eigenvalue weighted by atomic mass is 16.1. The number of nitrogens with zero attached hydrogens (tertiary/aromatic N) is 2. The van der Waals surface area contributed by atoms with Crippen LogP contribution in [0.15, 0.2) is 6.20 Å². The van der Waals surface area contributed by atoms with Gasteiger partial charge in [0.25, 0.3) is 5.91 Å². The van der Waals surface area contributed by atoms with E-state index in [1.807, 2.05) is 13.8 Å². The van der Waals surface area contributed by atoms with Gasteiger partial charge in [0.2, 0.25) is 0 Å². The van der Waals surface area contributed by atoms with E-state index in [-0.39, 0.29) is 17.5 Å². The van der Waals surface area contributed by atoms with Crippen molar-refractivity contribution < 1.29 is 4.79 Å². The van der Waals surface area contributed by atoms with Crippen molar-refractivity contribution >= 4 is 11.6 Å². The molecule has 1 aliphatic carbocycles. The Balaban J connectivity index is 2.04. The van der Waals surface area contributed by atoms with Crippen molar-refractivity contribution in [2.45, 2.75) is 40.0 Å². The summed E-state index contributed by atoms with van der Waals surface area (Å²) < 4.78 is 0. The fourth-order valence-corrected chi connectivity index (χ4v) is 2.09. The number of hydrogen-bond donors (Lipinski definition) is 2. The number of rotatable bonds is 4. The molecule has 1 heterocycles. The molecule has 5 heteroatoms. The molecule has 1 aromatic heterocycles. The topological polar surface area (TPSA) is 80.9 Å². The number of amides is 1. The molecule has 3 N–H and O–H groups in total. The van der Waals surface area contributed by atoms with Crippen LogP contribution in [0, 0.1) is 11.3 Å². The van der Waals surface area contributed by atoms with E-state index in [9.17, 15) is 4.79 Å². The average Bonchev–Trinajstić information content (AvgIpc) is 2.94.